The molecule has 2 aromatic rings. The largest absolute Gasteiger partial charge is 0.396 e. The third-order valence-electron chi connectivity index (χ3n) is 5.71. The van der Waals surface area contributed by atoms with Crippen LogP contribution in [0.25, 0.3) is 16.8 Å². The van der Waals surface area contributed by atoms with E-state index in [9.17, 15) is 0 Å². The average Bonchev–Trinajstić information content (AvgIpc) is 3.30. The molecule has 0 atom stereocenters. The Morgan fingerprint density at radius 2 is 2.03 bits per heavy atom. The van der Waals surface area contributed by atoms with Gasteiger partial charge in [0.15, 0.2) is 5.82 Å². The van der Waals surface area contributed by atoms with Gasteiger partial charge in [-0.1, -0.05) is 46.3 Å². The van der Waals surface area contributed by atoms with Gasteiger partial charge in [0, 0.05) is 17.2 Å². The van der Waals surface area contributed by atoms with Crippen LogP contribution >= 0.6 is 11.3 Å². The first-order valence-corrected chi connectivity index (χ1v) is 13.8. The van der Waals surface area contributed by atoms with Crippen LogP contribution in [0.5, 0.6) is 0 Å². The Kier molecular flexibility index (Phi) is 12.3. The van der Waals surface area contributed by atoms with Crippen molar-refractivity contribution in [2.24, 2.45) is 4.99 Å². The molecule has 3 rings (SSSR count). The number of piperidine rings is 1. The molecule has 0 radical (unpaired) electrons. The maximum atomic E-state index is 15.0. The van der Waals surface area contributed by atoms with Crippen LogP contribution < -0.4 is 16.4 Å². The Morgan fingerprint density at radius 3 is 2.65 bits per heavy atom. The van der Waals surface area contributed by atoms with Crippen molar-refractivity contribution in [3.8, 4) is 11.3 Å². The van der Waals surface area contributed by atoms with Crippen molar-refractivity contribution in [2.75, 3.05) is 18.8 Å². The summed E-state index contributed by atoms with van der Waals surface area (Å²) in [5, 5.41) is 7.66. The van der Waals surface area contributed by atoms with Crippen LogP contribution in [0.4, 0.5) is 10.1 Å². The fraction of sp³-hybridized carbons (Fsp3) is 0.500. The maximum absolute atomic E-state index is 15.0. The molecule has 9 heteroatoms. The number of allylic oxidation sites excluding steroid dienone is 3. The zero-order valence-electron chi connectivity index (χ0n) is 23.0. The van der Waals surface area contributed by atoms with Gasteiger partial charge in [0.1, 0.15) is 0 Å². The predicted octanol–water partition coefficient (Wildman–Crippen LogP) is 6.37. The van der Waals surface area contributed by atoms with Gasteiger partial charge in [-0.2, -0.15) is 0 Å². The molecular weight excluding hydrogens is 484 g/mol. The first-order chi connectivity index (χ1) is 17.6. The summed E-state index contributed by atoms with van der Waals surface area (Å²) in [6, 6.07) is 5.48. The number of benzene rings is 1. The van der Waals surface area contributed by atoms with Gasteiger partial charge >= 0.3 is 18.7 Å². The van der Waals surface area contributed by atoms with E-state index in [0.29, 0.717) is 17.3 Å². The molecule has 1 fully saturated rings. The Labute approximate surface area is 226 Å². The molecule has 4 N–H and O–H groups in total. The van der Waals surface area contributed by atoms with Gasteiger partial charge in [-0.3, -0.25) is 4.99 Å². The number of thiazole rings is 1. The van der Waals surface area contributed by atoms with Crippen LogP contribution in [0.15, 0.2) is 41.5 Å². The van der Waals surface area contributed by atoms with E-state index in [0.717, 1.165) is 67.2 Å². The van der Waals surface area contributed by atoms with Gasteiger partial charge in [0.2, 0.25) is 0 Å². The molecule has 1 aliphatic rings. The van der Waals surface area contributed by atoms with Crippen LogP contribution in [-0.4, -0.2) is 37.1 Å². The van der Waals surface area contributed by atoms with E-state index in [-0.39, 0.29) is 11.1 Å². The summed E-state index contributed by atoms with van der Waals surface area (Å²) in [7, 11) is 0.750. The maximum Gasteiger partial charge on any atom is 0.155 e. The van der Waals surface area contributed by atoms with Crippen molar-refractivity contribution in [3.63, 3.8) is 0 Å². The molecule has 37 heavy (non-hydrogen) atoms. The van der Waals surface area contributed by atoms with Crippen molar-refractivity contribution in [2.45, 2.75) is 78.6 Å². The van der Waals surface area contributed by atoms with E-state index in [4.69, 9.17) is 20.4 Å². The van der Waals surface area contributed by atoms with Crippen LogP contribution in [-0.2, 0) is 10.1 Å². The quantitative estimate of drug-likeness (QED) is 0.128. The molecule has 0 spiro atoms. The predicted molar refractivity (Wildman–Crippen MR) is 157 cm³/mol. The zero-order valence-corrected chi connectivity index (χ0v) is 23.8. The number of nitrogens with two attached hydrogens (primary N) is 1. The van der Waals surface area contributed by atoms with Crippen LogP contribution in [0.2, 0.25) is 6.82 Å². The molecule has 2 heterocycles. The number of aliphatic imine (C=N–C) groups is 1. The van der Waals surface area contributed by atoms with Gasteiger partial charge in [-0.25, -0.2) is 9.37 Å². The Hall–Kier alpha value is -2.65. The number of nitrogens with zero attached hydrogens (tertiary/aromatic N) is 2. The summed E-state index contributed by atoms with van der Waals surface area (Å²) >= 11 is 1.62. The molecular formula is C28H41BFN5OS. The third-order valence-corrected chi connectivity index (χ3v) is 7.24. The minimum absolute atomic E-state index is 0.134. The number of nitrogen functional groups attached to an aromatic ring is 1. The SMILES string of the molecule is CB=O.CCC/C=C(/C=C\NC(C)=NC1CCNCC1)c1sc(C(C)(C)C)nc1-c1cccc(N)c1F. The molecule has 0 amide bonds. The smallest absolute Gasteiger partial charge is 0.155 e. The normalized spacial score (nSPS) is 15.3. The van der Waals surface area contributed by atoms with E-state index in [2.05, 4.69) is 44.4 Å². The first kappa shape index (κ1) is 30.6. The second-order valence-electron chi connectivity index (χ2n) is 10.0. The number of anilines is 1. The van der Waals surface area contributed by atoms with Crippen molar-refractivity contribution < 1.29 is 9.10 Å². The second kappa shape index (κ2) is 14.9. The van der Waals surface area contributed by atoms with Gasteiger partial charge in [0.05, 0.1) is 33.1 Å². The Morgan fingerprint density at radius 1 is 1.35 bits per heavy atom. The zero-order chi connectivity index (χ0) is 27.4. The summed E-state index contributed by atoms with van der Waals surface area (Å²) in [5.41, 5.74) is 7.98. The number of unbranched alkanes of at least 4 members (excludes halogenated alkanes) is 1. The molecule has 0 bridgehead atoms. The molecule has 6 nitrogen and oxygen atoms in total. The number of hydrogen-bond donors (Lipinski definition) is 3. The fourth-order valence-corrected chi connectivity index (χ4v) is 4.95. The van der Waals surface area contributed by atoms with Crippen molar-refractivity contribution in [3.05, 3.63) is 52.3 Å². The summed E-state index contributed by atoms with van der Waals surface area (Å²) in [6.07, 6.45) is 10.2. The minimum Gasteiger partial charge on any atom is -0.396 e. The molecule has 0 saturated carbocycles. The molecule has 200 valence electrons. The van der Waals surface area contributed by atoms with E-state index in [1.807, 2.05) is 19.2 Å². The molecule has 1 aromatic heterocycles. The third kappa shape index (κ3) is 9.31. The van der Waals surface area contributed by atoms with Gasteiger partial charge in [-0.15, -0.1) is 11.3 Å². The van der Waals surface area contributed by atoms with Crippen LogP contribution in [0.1, 0.15) is 70.2 Å². The van der Waals surface area contributed by atoms with E-state index < -0.39 is 5.82 Å². The number of aromatic nitrogens is 1. The first-order valence-electron chi connectivity index (χ1n) is 13.0. The Balaban J connectivity index is 0.00000153. The monoisotopic (exact) mass is 525 g/mol. The van der Waals surface area contributed by atoms with Gasteiger partial charge < -0.3 is 16.4 Å². The van der Waals surface area contributed by atoms with Crippen molar-refractivity contribution >= 4 is 35.6 Å². The number of halogens is 1. The number of amidine groups is 1. The van der Waals surface area contributed by atoms with Crippen LogP contribution in [0, 0.1) is 5.82 Å². The molecule has 1 aliphatic heterocycles. The number of nitrogens with one attached hydrogen (secondary N) is 2. The van der Waals surface area contributed by atoms with Crippen molar-refractivity contribution in [1.82, 2.24) is 15.6 Å². The topological polar surface area (TPSA) is 92.4 Å². The van der Waals surface area contributed by atoms with Gasteiger partial charge in [0.25, 0.3) is 0 Å². The molecule has 1 aromatic carbocycles. The van der Waals surface area contributed by atoms with Gasteiger partial charge in [-0.05, 0) is 63.1 Å². The molecule has 1 saturated heterocycles. The standard InChI is InChI=1S/C27H38FN5S.CH3BO/c1-6-7-9-19(12-17-31-18(2)32-20-13-15-30-16-14-20)25-24(33-26(34-25)27(3,4)5)21-10-8-11-22(29)23(21)28;1-2-3/h8-12,17,20,30H,6-7,13-16,29H2,1-5H3,(H,31,32);1H3/b17-12-,19-9-;. The second-order valence-corrected chi connectivity index (χ2v) is 11.0. The van der Waals surface area contributed by atoms with E-state index in [1.165, 1.54) is 6.82 Å². The number of hydrogen-bond acceptors (Lipinski definition) is 6. The summed E-state index contributed by atoms with van der Waals surface area (Å²) in [6.45, 7) is 14.0. The van der Waals surface area contributed by atoms with E-state index in [1.54, 1.807) is 29.5 Å². The molecule has 0 unspecified atom stereocenters. The van der Waals surface area contributed by atoms with Crippen molar-refractivity contribution in [1.29, 1.82) is 0 Å². The summed E-state index contributed by atoms with van der Waals surface area (Å²) in [5.74, 6) is 0.483. The summed E-state index contributed by atoms with van der Waals surface area (Å²) < 4.78 is 23.8. The summed E-state index contributed by atoms with van der Waals surface area (Å²) in [4.78, 5) is 10.7. The number of rotatable bonds is 7. The average molecular weight is 526 g/mol. The Bertz CT molecular complexity index is 1110. The molecule has 0 aliphatic carbocycles. The van der Waals surface area contributed by atoms with Crippen LogP contribution in [0.3, 0.4) is 0 Å². The van der Waals surface area contributed by atoms with E-state index >= 15 is 4.39 Å². The minimum atomic E-state index is -0.420. The fourth-order valence-electron chi connectivity index (χ4n) is 3.79.